The molecule has 1 aromatic carbocycles. The Hall–Kier alpha value is -0.800. The third-order valence-corrected chi connectivity index (χ3v) is 3.60. The van der Waals surface area contributed by atoms with E-state index in [0.29, 0.717) is 16.1 Å². The molecule has 4 heteroatoms. The second-order valence-corrected chi connectivity index (χ2v) is 5.70. The monoisotopic (exact) mass is 298 g/mol. The van der Waals surface area contributed by atoms with E-state index in [2.05, 4.69) is 19.2 Å². The first kappa shape index (κ1) is 16.3. The van der Waals surface area contributed by atoms with Crippen molar-refractivity contribution in [2.24, 2.45) is 5.73 Å². The minimum Gasteiger partial charge on any atom is -0.389 e. The molecule has 0 aliphatic rings. The normalized spacial score (nSPS) is 12.2. The van der Waals surface area contributed by atoms with Crippen LogP contribution in [-0.2, 0) is 0 Å². The summed E-state index contributed by atoms with van der Waals surface area (Å²) in [5.74, 6) is 0. The molecule has 0 fully saturated rings. The Morgan fingerprint density at radius 1 is 1.32 bits per heavy atom. The van der Waals surface area contributed by atoms with Crippen LogP contribution in [0.15, 0.2) is 18.2 Å². The minimum atomic E-state index is 0.385. The van der Waals surface area contributed by atoms with Gasteiger partial charge < -0.3 is 11.1 Å². The predicted molar refractivity (Wildman–Crippen MR) is 89.2 cm³/mol. The van der Waals surface area contributed by atoms with E-state index < -0.39 is 0 Å². The number of rotatable bonds is 8. The van der Waals surface area contributed by atoms with E-state index in [0.717, 1.165) is 24.1 Å². The molecule has 3 N–H and O–H groups in total. The van der Waals surface area contributed by atoms with Gasteiger partial charge in [0.05, 0.1) is 0 Å². The summed E-state index contributed by atoms with van der Waals surface area (Å²) in [4.78, 5) is 0.385. The molecule has 0 saturated carbocycles. The lowest BCUT2D eigenvalue weighted by Gasteiger charge is -2.21. The lowest BCUT2D eigenvalue weighted by Crippen LogP contribution is -2.22. The van der Waals surface area contributed by atoms with Crippen molar-refractivity contribution in [1.29, 1.82) is 0 Å². The number of thiocarbonyl (C=S) groups is 1. The first-order chi connectivity index (χ1) is 9.08. The van der Waals surface area contributed by atoms with Gasteiger partial charge >= 0.3 is 0 Å². The summed E-state index contributed by atoms with van der Waals surface area (Å²) in [5.41, 5.74) is 7.59. The van der Waals surface area contributed by atoms with Gasteiger partial charge in [-0.2, -0.15) is 0 Å². The van der Waals surface area contributed by atoms with Gasteiger partial charge in [-0.15, -0.1) is 0 Å². The van der Waals surface area contributed by atoms with Crippen molar-refractivity contribution in [1.82, 2.24) is 0 Å². The maximum atomic E-state index is 6.00. The molecule has 19 heavy (non-hydrogen) atoms. The van der Waals surface area contributed by atoms with E-state index in [4.69, 9.17) is 29.6 Å². The number of hydrogen-bond acceptors (Lipinski definition) is 2. The molecule has 0 heterocycles. The van der Waals surface area contributed by atoms with E-state index in [1.807, 2.05) is 18.2 Å². The van der Waals surface area contributed by atoms with Crippen molar-refractivity contribution in [3.05, 3.63) is 28.8 Å². The van der Waals surface area contributed by atoms with Crippen LogP contribution in [0, 0.1) is 0 Å². The van der Waals surface area contributed by atoms with Crippen molar-refractivity contribution in [3.8, 4) is 0 Å². The van der Waals surface area contributed by atoms with Gasteiger partial charge in [-0.05, 0) is 31.0 Å². The van der Waals surface area contributed by atoms with Crippen molar-refractivity contribution < 1.29 is 0 Å². The fourth-order valence-electron chi connectivity index (χ4n) is 2.15. The highest BCUT2D eigenvalue weighted by Gasteiger charge is 2.11. The molecular formula is C15H23ClN2S. The molecule has 0 aromatic heterocycles. The average molecular weight is 299 g/mol. The van der Waals surface area contributed by atoms with Crippen LogP contribution in [0.1, 0.15) is 51.5 Å². The SMILES string of the molecule is CCCCC(CCC)Nc1ccc(Cl)cc1C(N)=S. The molecule has 1 rings (SSSR count). The van der Waals surface area contributed by atoms with Crippen LogP contribution < -0.4 is 11.1 Å². The zero-order valence-electron chi connectivity index (χ0n) is 11.7. The molecule has 0 aliphatic carbocycles. The highest BCUT2D eigenvalue weighted by atomic mass is 35.5. The van der Waals surface area contributed by atoms with Crippen molar-refractivity contribution in [3.63, 3.8) is 0 Å². The van der Waals surface area contributed by atoms with E-state index >= 15 is 0 Å². The van der Waals surface area contributed by atoms with Crippen molar-refractivity contribution in [2.45, 2.75) is 52.0 Å². The molecule has 1 atom stereocenters. The molecule has 2 nitrogen and oxygen atoms in total. The standard InChI is InChI=1S/C15H23ClN2S/c1-3-5-7-12(6-4-2)18-14-9-8-11(16)10-13(14)15(17)19/h8-10,12,18H,3-7H2,1-2H3,(H2,17,19). The average Bonchev–Trinajstić information content (AvgIpc) is 2.38. The van der Waals surface area contributed by atoms with E-state index in [1.165, 1.54) is 19.3 Å². The third kappa shape index (κ3) is 5.37. The lowest BCUT2D eigenvalue weighted by atomic mass is 10.0. The van der Waals surface area contributed by atoms with Gasteiger partial charge in [0.15, 0.2) is 0 Å². The Labute approximate surface area is 126 Å². The zero-order valence-corrected chi connectivity index (χ0v) is 13.3. The Morgan fingerprint density at radius 2 is 2.05 bits per heavy atom. The molecule has 1 unspecified atom stereocenters. The number of nitrogens with one attached hydrogen (secondary N) is 1. The van der Waals surface area contributed by atoms with E-state index in [9.17, 15) is 0 Å². The second kappa shape index (κ2) is 8.39. The summed E-state index contributed by atoms with van der Waals surface area (Å²) in [6.07, 6.45) is 5.93. The van der Waals surface area contributed by atoms with Gasteiger partial charge in [-0.1, -0.05) is 56.9 Å². The van der Waals surface area contributed by atoms with Crippen LogP contribution in [0.25, 0.3) is 0 Å². The fourth-order valence-corrected chi connectivity index (χ4v) is 2.49. The maximum Gasteiger partial charge on any atom is 0.106 e. The summed E-state index contributed by atoms with van der Waals surface area (Å²) in [6.45, 7) is 4.42. The Bertz CT molecular complexity index is 421. The van der Waals surface area contributed by atoms with Crippen LogP contribution in [-0.4, -0.2) is 11.0 Å². The number of nitrogens with two attached hydrogens (primary N) is 1. The van der Waals surface area contributed by atoms with Gasteiger partial charge in [0, 0.05) is 22.3 Å². The van der Waals surface area contributed by atoms with E-state index in [1.54, 1.807) is 0 Å². The molecule has 0 radical (unpaired) electrons. The summed E-state index contributed by atoms with van der Waals surface area (Å²) < 4.78 is 0. The summed E-state index contributed by atoms with van der Waals surface area (Å²) >= 11 is 11.1. The van der Waals surface area contributed by atoms with Crippen LogP contribution in [0.3, 0.4) is 0 Å². The smallest absolute Gasteiger partial charge is 0.106 e. The van der Waals surface area contributed by atoms with E-state index in [-0.39, 0.29) is 0 Å². The summed E-state index contributed by atoms with van der Waals surface area (Å²) in [7, 11) is 0. The van der Waals surface area contributed by atoms with Crippen molar-refractivity contribution in [2.75, 3.05) is 5.32 Å². The lowest BCUT2D eigenvalue weighted by molar-refractivity contribution is 0.564. The van der Waals surface area contributed by atoms with Crippen LogP contribution in [0.2, 0.25) is 5.02 Å². The molecule has 0 amide bonds. The number of hydrogen-bond donors (Lipinski definition) is 2. The molecule has 1 aromatic rings. The molecule has 106 valence electrons. The minimum absolute atomic E-state index is 0.385. The Morgan fingerprint density at radius 3 is 2.63 bits per heavy atom. The summed E-state index contributed by atoms with van der Waals surface area (Å²) in [6, 6.07) is 6.13. The molecule has 0 saturated heterocycles. The highest BCUT2D eigenvalue weighted by Crippen LogP contribution is 2.23. The van der Waals surface area contributed by atoms with Crippen molar-refractivity contribution >= 4 is 34.5 Å². The Balaban J connectivity index is 2.85. The largest absolute Gasteiger partial charge is 0.389 e. The second-order valence-electron chi connectivity index (χ2n) is 4.83. The molecule has 0 aliphatic heterocycles. The number of benzene rings is 1. The Kier molecular flexibility index (Phi) is 7.17. The first-order valence-corrected chi connectivity index (χ1v) is 7.73. The highest BCUT2D eigenvalue weighted by molar-refractivity contribution is 7.80. The van der Waals surface area contributed by atoms with Crippen LogP contribution in [0.4, 0.5) is 5.69 Å². The predicted octanol–water partition coefficient (Wildman–Crippen LogP) is 4.75. The molecule has 0 spiro atoms. The number of halogens is 1. The molecular weight excluding hydrogens is 276 g/mol. The zero-order chi connectivity index (χ0) is 14.3. The number of anilines is 1. The third-order valence-electron chi connectivity index (χ3n) is 3.15. The maximum absolute atomic E-state index is 6.00. The van der Waals surface area contributed by atoms with Gasteiger partial charge in [0.1, 0.15) is 4.99 Å². The first-order valence-electron chi connectivity index (χ1n) is 6.94. The quantitative estimate of drug-likeness (QED) is 0.681. The van der Waals surface area contributed by atoms with Gasteiger partial charge in [0.2, 0.25) is 0 Å². The van der Waals surface area contributed by atoms with Gasteiger partial charge in [-0.3, -0.25) is 0 Å². The van der Waals surface area contributed by atoms with Gasteiger partial charge in [0.25, 0.3) is 0 Å². The number of unbranched alkanes of at least 4 members (excludes halogenated alkanes) is 1. The summed E-state index contributed by atoms with van der Waals surface area (Å²) in [5, 5.41) is 4.23. The fraction of sp³-hybridized carbons (Fsp3) is 0.533. The topological polar surface area (TPSA) is 38.0 Å². The van der Waals surface area contributed by atoms with Gasteiger partial charge in [-0.25, -0.2) is 0 Å². The van der Waals surface area contributed by atoms with Crippen LogP contribution in [0.5, 0.6) is 0 Å². The van der Waals surface area contributed by atoms with Crippen LogP contribution >= 0.6 is 23.8 Å². The molecule has 0 bridgehead atoms.